The lowest BCUT2D eigenvalue weighted by Gasteiger charge is -2.20. The first-order valence-corrected chi connectivity index (χ1v) is 11.1. The summed E-state index contributed by atoms with van der Waals surface area (Å²) in [4.78, 5) is 20.1. The summed E-state index contributed by atoms with van der Waals surface area (Å²) in [6.07, 6.45) is 0.0561. The fourth-order valence-corrected chi connectivity index (χ4v) is 3.00. The standard InChI is InChI=1S/C25H30FN5O4/c1-25(2,3)16-6-4-7-17(10-16)29-23-21(26)13-28-24(31-23)30-18-8-5-9-20(11-18)35-15-22(34)27-12-19(33)14-32/h4-11,13,19,32-33H,12,14-15H2,1-3H3,(H,27,34)(H2,28,29,30,31). The van der Waals surface area contributed by atoms with E-state index in [1.165, 1.54) is 0 Å². The number of halogens is 1. The van der Waals surface area contributed by atoms with Gasteiger partial charge in [0.2, 0.25) is 5.95 Å². The average molecular weight is 484 g/mol. The molecule has 5 N–H and O–H groups in total. The molecule has 2 aromatic carbocycles. The first-order chi connectivity index (χ1) is 16.6. The highest BCUT2D eigenvalue weighted by Crippen LogP contribution is 2.27. The van der Waals surface area contributed by atoms with Gasteiger partial charge in [-0.2, -0.15) is 4.98 Å². The van der Waals surface area contributed by atoms with E-state index in [1.54, 1.807) is 24.3 Å². The second-order valence-electron chi connectivity index (χ2n) is 8.93. The van der Waals surface area contributed by atoms with Crippen LogP contribution in [0.15, 0.2) is 54.7 Å². The third kappa shape index (κ3) is 7.90. The topological polar surface area (TPSA) is 129 Å². The van der Waals surface area contributed by atoms with Crippen LogP contribution in [0.5, 0.6) is 5.75 Å². The van der Waals surface area contributed by atoms with Crippen molar-refractivity contribution < 1.29 is 24.1 Å². The Balaban J connectivity index is 1.65. The van der Waals surface area contributed by atoms with Crippen molar-refractivity contribution in [2.24, 2.45) is 0 Å². The predicted molar refractivity (Wildman–Crippen MR) is 132 cm³/mol. The minimum absolute atomic E-state index is 0.0303. The van der Waals surface area contributed by atoms with E-state index in [0.29, 0.717) is 17.1 Å². The molecule has 0 aliphatic heterocycles. The summed E-state index contributed by atoms with van der Waals surface area (Å²) >= 11 is 0. The first kappa shape index (κ1) is 25.9. The van der Waals surface area contributed by atoms with Crippen molar-refractivity contribution >= 4 is 29.0 Å². The highest BCUT2D eigenvalue weighted by molar-refractivity contribution is 5.77. The van der Waals surface area contributed by atoms with E-state index in [-0.39, 0.29) is 30.3 Å². The van der Waals surface area contributed by atoms with Gasteiger partial charge in [-0.05, 0) is 35.2 Å². The van der Waals surface area contributed by atoms with E-state index in [9.17, 15) is 14.3 Å². The highest BCUT2D eigenvalue weighted by atomic mass is 19.1. The number of rotatable bonds is 10. The van der Waals surface area contributed by atoms with Crippen LogP contribution in [0.1, 0.15) is 26.3 Å². The number of hydrogen-bond donors (Lipinski definition) is 5. The summed E-state index contributed by atoms with van der Waals surface area (Å²) in [6, 6.07) is 14.5. The maximum Gasteiger partial charge on any atom is 0.258 e. The molecule has 0 fully saturated rings. The number of aliphatic hydroxyl groups is 2. The summed E-state index contributed by atoms with van der Waals surface area (Å²) in [5.74, 6) is -0.418. The molecule has 0 aliphatic carbocycles. The summed E-state index contributed by atoms with van der Waals surface area (Å²) in [6.45, 7) is 5.53. The van der Waals surface area contributed by atoms with Gasteiger partial charge in [-0.1, -0.05) is 39.0 Å². The third-order valence-corrected chi connectivity index (χ3v) is 4.94. The molecule has 0 bridgehead atoms. The monoisotopic (exact) mass is 483 g/mol. The number of benzene rings is 2. The van der Waals surface area contributed by atoms with Crippen LogP contribution >= 0.6 is 0 Å². The Morgan fingerprint density at radius 1 is 1.11 bits per heavy atom. The van der Waals surface area contributed by atoms with Crippen LogP contribution in [0.3, 0.4) is 0 Å². The molecule has 1 amide bonds. The van der Waals surface area contributed by atoms with Gasteiger partial charge in [-0.25, -0.2) is 9.37 Å². The number of hydrogen-bond acceptors (Lipinski definition) is 8. The lowest BCUT2D eigenvalue weighted by molar-refractivity contribution is -0.123. The fraction of sp³-hybridized carbons (Fsp3) is 0.320. The van der Waals surface area contributed by atoms with Gasteiger partial charge >= 0.3 is 0 Å². The van der Waals surface area contributed by atoms with Crippen molar-refractivity contribution in [2.75, 3.05) is 30.4 Å². The smallest absolute Gasteiger partial charge is 0.258 e. The molecule has 0 saturated carbocycles. The number of nitrogens with zero attached hydrogens (tertiary/aromatic N) is 2. The van der Waals surface area contributed by atoms with Crippen LogP contribution in [0.4, 0.5) is 27.5 Å². The molecule has 3 aromatic rings. The summed E-state index contributed by atoms with van der Waals surface area (Å²) in [5, 5.41) is 26.5. The molecule has 0 saturated heterocycles. The van der Waals surface area contributed by atoms with Gasteiger partial charge in [0.15, 0.2) is 18.2 Å². The third-order valence-electron chi connectivity index (χ3n) is 4.94. The normalized spacial score (nSPS) is 12.1. The molecule has 1 aromatic heterocycles. The molecule has 186 valence electrons. The number of carbonyl (C=O) groups excluding carboxylic acids is 1. The second-order valence-corrected chi connectivity index (χ2v) is 8.93. The average Bonchev–Trinajstić information content (AvgIpc) is 2.83. The zero-order valence-corrected chi connectivity index (χ0v) is 19.9. The lowest BCUT2D eigenvalue weighted by Crippen LogP contribution is -2.36. The maximum absolute atomic E-state index is 14.4. The second kappa shape index (κ2) is 11.6. The Morgan fingerprint density at radius 2 is 1.83 bits per heavy atom. The van der Waals surface area contributed by atoms with Crippen LogP contribution in [0.25, 0.3) is 0 Å². The van der Waals surface area contributed by atoms with E-state index in [4.69, 9.17) is 9.84 Å². The Kier molecular flexibility index (Phi) is 8.56. The van der Waals surface area contributed by atoms with E-state index in [2.05, 4.69) is 46.7 Å². The van der Waals surface area contributed by atoms with Gasteiger partial charge in [0.1, 0.15) is 5.75 Å². The van der Waals surface area contributed by atoms with E-state index >= 15 is 0 Å². The summed E-state index contributed by atoms with van der Waals surface area (Å²) in [5.41, 5.74) is 2.33. The zero-order chi connectivity index (χ0) is 25.4. The van der Waals surface area contributed by atoms with Crippen molar-refractivity contribution in [1.29, 1.82) is 0 Å². The molecular weight excluding hydrogens is 453 g/mol. The first-order valence-electron chi connectivity index (χ1n) is 11.1. The van der Waals surface area contributed by atoms with Crippen LogP contribution in [-0.2, 0) is 10.2 Å². The van der Waals surface area contributed by atoms with Gasteiger partial charge < -0.3 is 30.9 Å². The van der Waals surface area contributed by atoms with Gasteiger partial charge in [0, 0.05) is 24.0 Å². The molecule has 0 aliphatic rings. The number of anilines is 4. The van der Waals surface area contributed by atoms with E-state index in [0.717, 1.165) is 11.8 Å². The molecule has 10 heteroatoms. The van der Waals surface area contributed by atoms with Gasteiger partial charge in [-0.3, -0.25) is 4.79 Å². The van der Waals surface area contributed by atoms with E-state index < -0.39 is 24.4 Å². The number of carbonyl (C=O) groups is 1. The minimum Gasteiger partial charge on any atom is -0.484 e. The van der Waals surface area contributed by atoms with Crippen molar-refractivity contribution in [3.63, 3.8) is 0 Å². The number of aliphatic hydroxyl groups excluding tert-OH is 2. The van der Waals surface area contributed by atoms with Gasteiger partial charge in [0.25, 0.3) is 5.91 Å². The Bertz CT molecular complexity index is 1150. The Labute approximate surface area is 203 Å². The van der Waals surface area contributed by atoms with Crippen LogP contribution in [0, 0.1) is 5.82 Å². The molecular formula is C25H30FN5O4. The fourth-order valence-electron chi connectivity index (χ4n) is 3.00. The SMILES string of the molecule is CC(C)(C)c1cccc(Nc2nc(Nc3cccc(OCC(=O)NCC(O)CO)c3)ncc2F)c1. The summed E-state index contributed by atoms with van der Waals surface area (Å²) < 4.78 is 19.9. The van der Waals surface area contributed by atoms with Crippen molar-refractivity contribution in [2.45, 2.75) is 32.3 Å². The Morgan fingerprint density at radius 3 is 2.54 bits per heavy atom. The summed E-state index contributed by atoms with van der Waals surface area (Å²) in [7, 11) is 0. The Hall–Kier alpha value is -3.76. The van der Waals surface area contributed by atoms with Crippen LogP contribution < -0.4 is 20.7 Å². The largest absolute Gasteiger partial charge is 0.484 e. The lowest BCUT2D eigenvalue weighted by atomic mass is 9.87. The quantitative estimate of drug-likeness (QED) is 0.297. The molecule has 35 heavy (non-hydrogen) atoms. The van der Waals surface area contributed by atoms with Crippen molar-refractivity contribution in [1.82, 2.24) is 15.3 Å². The molecule has 0 radical (unpaired) electrons. The van der Waals surface area contributed by atoms with Crippen molar-refractivity contribution in [3.8, 4) is 5.75 Å². The number of aromatic nitrogens is 2. The predicted octanol–water partition coefficient (Wildman–Crippen LogP) is 3.25. The molecule has 9 nitrogen and oxygen atoms in total. The molecule has 1 unspecified atom stereocenters. The zero-order valence-electron chi connectivity index (χ0n) is 19.9. The number of ether oxygens (including phenoxy) is 1. The van der Waals surface area contributed by atoms with Gasteiger partial charge in [-0.15, -0.1) is 0 Å². The van der Waals surface area contributed by atoms with Crippen LogP contribution in [-0.4, -0.2) is 52.0 Å². The highest BCUT2D eigenvalue weighted by Gasteiger charge is 2.15. The van der Waals surface area contributed by atoms with Crippen molar-refractivity contribution in [3.05, 3.63) is 66.1 Å². The molecule has 0 spiro atoms. The molecule has 3 rings (SSSR count). The number of amides is 1. The molecule has 1 heterocycles. The maximum atomic E-state index is 14.4. The minimum atomic E-state index is -1.02. The van der Waals surface area contributed by atoms with Gasteiger partial charge in [0.05, 0.1) is 18.9 Å². The molecule has 1 atom stereocenters. The van der Waals surface area contributed by atoms with E-state index in [1.807, 2.05) is 24.3 Å². The van der Waals surface area contributed by atoms with Crippen LogP contribution in [0.2, 0.25) is 0 Å². The number of nitrogens with one attached hydrogen (secondary N) is 3.